The van der Waals surface area contributed by atoms with Gasteiger partial charge in [0, 0.05) is 44.7 Å². The van der Waals surface area contributed by atoms with E-state index in [0.717, 1.165) is 64.7 Å². The van der Waals surface area contributed by atoms with Crippen LogP contribution < -0.4 is 24.0 Å². The average molecular weight is 1080 g/mol. The molecule has 1 atom stereocenters. The Balaban J connectivity index is 0.906. The van der Waals surface area contributed by atoms with Crippen molar-refractivity contribution in [3.8, 4) is 23.0 Å². The number of thiazole rings is 1. The minimum atomic E-state index is -0.466. The Bertz CT molecular complexity index is 2580. The number of aromatic nitrogens is 1. The standard InChI is InChI=1S/C59H71N3O14S/c1-4-55(63)71-33-8-31-69-47-20-24-49(25-21-47)75-57(65)44-16-12-42(13-17-44)40-73-51-28-29-53(46(38-51)39-60-62(30-35-68-37-36-67-3)59-61-52-10-6-7-11-54(52)77-59)74-41-43-14-18-45(19-15-43)58(66)76-50-26-22-48(23-27-50)70-32-9-34-72-56(64)5-2/h4-7,10-11,20-29,39,42-46H,1-2,8-9,12-19,30-38,40-41H2,3H3/b60-39+. The number of para-hydroxylation sites is 1. The Morgan fingerprint density at radius 3 is 1.73 bits per heavy atom. The SMILES string of the molecule is C=CC(=O)OCCCOc1ccc(OC(=O)C2CCC(COC3=CC=C(OCC4CCC(C(=O)Oc5ccc(OCCCOC(=O)C=C)cc5)CC4)C(/C=N/N(CCOCCOC)c4nc5ccccc5s4)C3)CC2)cc1. The lowest BCUT2D eigenvalue weighted by molar-refractivity contribution is -0.141. The van der Waals surface area contributed by atoms with Gasteiger partial charge >= 0.3 is 23.9 Å². The van der Waals surface area contributed by atoms with E-state index in [0.29, 0.717) is 121 Å². The molecule has 77 heavy (non-hydrogen) atoms. The second-order valence-corrected chi connectivity index (χ2v) is 20.0. The van der Waals surface area contributed by atoms with Gasteiger partial charge in [-0.3, -0.25) is 9.59 Å². The molecule has 17 nitrogen and oxygen atoms in total. The second kappa shape index (κ2) is 31.3. The average Bonchev–Trinajstić information content (AvgIpc) is 3.90. The Morgan fingerprint density at radius 1 is 0.636 bits per heavy atom. The van der Waals surface area contributed by atoms with Crippen molar-refractivity contribution in [3.05, 3.63) is 122 Å². The lowest BCUT2D eigenvalue weighted by atomic mass is 9.82. The molecule has 0 radical (unpaired) electrons. The number of carbonyl (C=O) groups excluding carboxylic acids is 4. The topological polar surface area (TPSA) is 189 Å². The third-order valence-electron chi connectivity index (χ3n) is 13.4. The Labute approximate surface area is 454 Å². The maximum absolute atomic E-state index is 13.2. The monoisotopic (exact) mass is 1080 g/mol. The molecule has 0 N–H and O–H groups in total. The van der Waals surface area contributed by atoms with Crippen LogP contribution >= 0.6 is 11.3 Å². The molecular weight excluding hydrogens is 1010 g/mol. The molecule has 4 aromatic rings. The van der Waals surface area contributed by atoms with Crippen LogP contribution in [0.4, 0.5) is 5.13 Å². The number of carbonyl (C=O) groups is 4. The molecule has 7 rings (SSSR count). The zero-order chi connectivity index (χ0) is 54.0. The van der Waals surface area contributed by atoms with Crippen molar-refractivity contribution in [1.29, 1.82) is 0 Å². The van der Waals surface area contributed by atoms with Gasteiger partial charge in [-0.2, -0.15) is 5.10 Å². The number of esters is 4. The molecule has 3 aromatic carbocycles. The van der Waals surface area contributed by atoms with Gasteiger partial charge in [-0.05, 0) is 136 Å². The number of fused-ring (bicyclic) bond motifs is 1. The molecule has 0 spiro atoms. The summed E-state index contributed by atoms with van der Waals surface area (Å²) >= 11 is 1.57. The van der Waals surface area contributed by atoms with Gasteiger partial charge in [-0.15, -0.1) is 0 Å². The summed E-state index contributed by atoms with van der Waals surface area (Å²) in [5.41, 5.74) is 0.901. The van der Waals surface area contributed by atoms with E-state index in [1.54, 1.807) is 67.0 Å². The molecule has 412 valence electrons. The predicted octanol–water partition coefficient (Wildman–Crippen LogP) is 10.4. The number of ether oxygens (including phenoxy) is 10. The number of anilines is 1. The number of methoxy groups -OCH3 is 1. The van der Waals surface area contributed by atoms with E-state index in [1.807, 2.05) is 41.6 Å². The van der Waals surface area contributed by atoms with Crippen molar-refractivity contribution in [2.24, 2.45) is 34.7 Å². The summed E-state index contributed by atoms with van der Waals surface area (Å²) in [5, 5.41) is 7.68. The molecule has 2 saturated carbocycles. The second-order valence-electron chi connectivity index (χ2n) is 19.0. The molecular formula is C59H71N3O14S. The zero-order valence-corrected chi connectivity index (χ0v) is 44.7. The number of hydrogen-bond donors (Lipinski definition) is 0. The van der Waals surface area contributed by atoms with Crippen LogP contribution in [0.3, 0.4) is 0 Å². The van der Waals surface area contributed by atoms with Gasteiger partial charge < -0.3 is 47.4 Å². The van der Waals surface area contributed by atoms with Crippen molar-refractivity contribution in [3.63, 3.8) is 0 Å². The van der Waals surface area contributed by atoms with Crippen LogP contribution in [0.15, 0.2) is 127 Å². The van der Waals surface area contributed by atoms with Gasteiger partial charge in [-0.25, -0.2) is 19.6 Å². The molecule has 1 unspecified atom stereocenters. The number of allylic oxidation sites excluding steroid dienone is 4. The van der Waals surface area contributed by atoms with Gasteiger partial charge in [0.05, 0.1) is 99.7 Å². The highest BCUT2D eigenvalue weighted by Gasteiger charge is 2.31. The Kier molecular flexibility index (Phi) is 23.4. The molecule has 0 amide bonds. The van der Waals surface area contributed by atoms with Gasteiger partial charge in [-0.1, -0.05) is 36.6 Å². The van der Waals surface area contributed by atoms with Crippen LogP contribution in [0.1, 0.15) is 70.6 Å². The molecule has 3 aliphatic rings. The molecule has 0 saturated heterocycles. The summed E-state index contributed by atoms with van der Waals surface area (Å²) in [6.45, 7) is 10.9. The van der Waals surface area contributed by atoms with Crippen LogP contribution in [-0.4, -0.2) is 108 Å². The molecule has 0 bridgehead atoms. The fourth-order valence-corrected chi connectivity index (χ4v) is 9.89. The first kappa shape index (κ1) is 57.7. The molecule has 2 fully saturated rings. The normalized spacial score (nSPS) is 19.3. The third kappa shape index (κ3) is 19.2. The van der Waals surface area contributed by atoms with Crippen LogP contribution in [0, 0.1) is 29.6 Å². The third-order valence-corrected chi connectivity index (χ3v) is 14.4. The smallest absolute Gasteiger partial charge is 0.330 e. The largest absolute Gasteiger partial charge is 0.498 e. The highest BCUT2D eigenvalue weighted by molar-refractivity contribution is 7.22. The highest BCUT2D eigenvalue weighted by atomic mass is 32.1. The summed E-state index contributed by atoms with van der Waals surface area (Å²) in [6.07, 6.45) is 15.9. The van der Waals surface area contributed by atoms with Crippen LogP contribution in [0.2, 0.25) is 0 Å². The van der Waals surface area contributed by atoms with Crippen molar-refractivity contribution in [2.75, 3.05) is 78.1 Å². The van der Waals surface area contributed by atoms with Crippen LogP contribution in [0.25, 0.3) is 10.2 Å². The molecule has 18 heteroatoms. The minimum absolute atomic E-state index is 0.198. The maximum Gasteiger partial charge on any atom is 0.330 e. The van der Waals surface area contributed by atoms with Crippen molar-refractivity contribution in [2.45, 2.75) is 70.6 Å². The van der Waals surface area contributed by atoms with Gasteiger partial charge in [0.25, 0.3) is 0 Å². The summed E-state index contributed by atoms with van der Waals surface area (Å²) in [5.74, 6) is 2.28. The van der Waals surface area contributed by atoms with Gasteiger partial charge in [0.2, 0.25) is 5.13 Å². The zero-order valence-electron chi connectivity index (χ0n) is 43.9. The molecule has 1 heterocycles. The molecule has 3 aliphatic carbocycles. The lowest BCUT2D eigenvalue weighted by Crippen LogP contribution is -2.28. The summed E-state index contributed by atoms with van der Waals surface area (Å²) in [7, 11) is 1.65. The minimum Gasteiger partial charge on any atom is -0.498 e. The predicted molar refractivity (Wildman–Crippen MR) is 292 cm³/mol. The fourth-order valence-electron chi connectivity index (χ4n) is 8.94. The van der Waals surface area contributed by atoms with Crippen molar-refractivity contribution < 1.29 is 66.5 Å². The summed E-state index contributed by atoms with van der Waals surface area (Å²) in [4.78, 5) is 53.8. The van der Waals surface area contributed by atoms with E-state index in [2.05, 4.69) is 19.2 Å². The molecule has 1 aromatic heterocycles. The number of hydrazone groups is 1. The first-order valence-electron chi connectivity index (χ1n) is 26.5. The van der Waals surface area contributed by atoms with E-state index in [-0.39, 0.29) is 54.7 Å². The number of benzene rings is 3. The van der Waals surface area contributed by atoms with E-state index in [1.165, 1.54) is 0 Å². The van der Waals surface area contributed by atoms with E-state index >= 15 is 0 Å². The lowest BCUT2D eigenvalue weighted by Gasteiger charge is -2.30. The molecule has 0 aliphatic heterocycles. The first-order chi connectivity index (χ1) is 37.7. The van der Waals surface area contributed by atoms with Crippen LogP contribution in [-0.2, 0) is 47.6 Å². The van der Waals surface area contributed by atoms with Crippen molar-refractivity contribution in [1.82, 2.24) is 4.98 Å². The highest BCUT2D eigenvalue weighted by Crippen LogP contribution is 2.36. The Hall–Kier alpha value is -7.02. The number of rotatable bonds is 31. The fraction of sp³-hybridized carbons (Fsp3) is 0.458. The van der Waals surface area contributed by atoms with Crippen LogP contribution in [0.5, 0.6) is 23.0 Å². The summed E-state index contributed by atoms with van der Waals surface area (Å²) < 4.78 is 58.2. The van der Waals surface area contributed by atoms with Gasteiger partial charge in [0.15, 0.2) is 0 Å². The number of hydrogen-bond acceptors (Lipinski definition) is 18. The maximum atomic E-state index is 13.2. The van der Waals surface area contributed by atoms with E-state index < -0.39 is 11.9 Å². The van der Waals surface area contributed by atoms with E-state index in [9.17, 15) is 19.2 Å². The quantitative estimate of drug-likeness (QED) is 0.0115. The van der Waals surface area contributed by atoms with E-state index in [4.69, 9.17) is 57.5 Å². The van der Waals surface area contributed by atoms with Crippen molar-refractivity contribution >= 4 is 56.8 Å². The Morgan fingerprint density at radius 2 is 1.18 bits per heavy atom. The number of nitrogens with zero attached hydrogens (tertiary/aromatic N) is 3. The first-order valence-corrected chi connectivity index (χ1v) is 27.4. The van der Waals surface area contributed by atoms with Gasteiger partial charge in [0.1, 0.15) is 28.8 Å². The summed E-state index contributed by atoms with van der Waals surface area (Å²) in [6, 6.07) is 21.9.